The average Bonchev–Trinajstić information content (AvgIpc) is 2.45. The second kappa shape index (κ2) is 12.6. The first-order valence-corrected chi connectivity index (χ1v) is 7.27. The molecule has 0 rings (SSSR count). The molecule has 8 heteroatoms. The van der Waals surface area contributed by atoms with Gasteiger partial charge in [-0.15, -0.1) is 10.2 Å². The lowest BCUT2D eigenvalue weighted by atomic mass is 10.4. The molecule has 0 amide bonds. The van der Waals surface area contributed by atoms with E-state index in [4.69, 9.17) is 18.9 Å². The summed E-state index contributed by atoms with van der Waals surface area (Å²) in [7, 11) is 0. The molecule has 0 radical (unpaired) electrons. The summed E-state index contributed by atoms with van der Waals surface area (Å²) >= 11 is 0. The molecule has 0 atom stereocenters. The Kier molecular flexibility index (Phi) is 11.4. The van der Waals surface area contributed by atoms with Crippen molar-refractivity contribution in [2.75, 3.05) is 26.4 Å². The zero-order valence-electron chi connectivity index (χ0n) is 13.6. The molecule has 0 aromatic rings. The number of carbonyl (C=O) groups excluding carboxylic acids is 2. The highest BCUT2D eigenvalue weighted by atomic mass is 16.5. The van der Waals surface area contributed by atoms with Crippen molar-refractivity contribution in [3.8, 4) is 0 Å². The third-order valence-electron chi connectivity index (χ3n) is 2.10. The van der Waals surface area contributed by atoms with Crippen LogP contribution in [0.3, 0.4) is 0 Å². The molecule has 0 N–H and O–H groups in total. The quantitative estimate of drug-likeness (QED) is 0.278. The SMILES string of the molecule is CCOC(=O)C/C(=N/N=C(/CC(=O)OCC)OCC)OCC. The van der Waals surface area contributed by atoms with Gasteiger partial charge in [0.1, 0.15) is 12.8 Å². The Bertz CT molecular complexity index is 368. The predicted octanol–water partition coefficient (Wildman–Crippen LogP) is 1.68. The topological polar surface area (TPSA) is 95.8 Å². The van der Waals surface area contributed by atoms with Crippen LogP contribution >= 0.6 is 0 Å². The molecule has 8 nitrogen and oxygen atoms in total. The zero-order valence-corrected chi connectivity index (χ0v) is 13.6. The van der Waals surface area contributed by atoms with Crippen LogP contribution < -0.4 is 0 Å². The van der Waals surface area contributed by atoms with Gasteiger partial charge in [-0.25, -0.2) is 0 Å². The fraction of sp³-hybridized carbons (Fsp3) is 0.714. The predicted molar refractivity (Wildman–Crippen MR) is 80.6 cm³/mol. The lowest BCUT2D eigenvalue weighted by Gasteiger charge is -2.07. The van der Waals surface area contributed by atoms with Crippen molar-refractivity contribution >= 4 is 23.7 Å². The van der Waals surface area contributed by atoms with Crippen molar-refractivity contribution in [3.05, 3.63) is 0 Å². The molecule has 0 fully saturated rings. The second-order valence-corrected chi connectivity index (χ2v) is 3.82. The Morgan fingerprint density at radius 2 is 0.955 bits per heavy atom. The fourth-order valence-corrected chi connectivity index (χ4v) is 1.35. The van der Waals surface area contributed by atoms with E-state index in [-0.39, 0.29) is 37.9 Å². The number of esters is 2. The van der Waals surface area contributed by atoms with Crippen LogP contribution in [0.15, 0.2) is 10.2 Å². The normalized spacial score (nSPS) is 11.8. The molecule has 0 aromatic heterocycles. The number of ether oxygens (including phenoxy) is 4. The van der Waals surface area contributed by atoms with Gasteiger partial charge in [0.05, 0.1) is 26.4 Å². The summed E-state index contributed by atoms with van der Waals surface area (Å²) in [6.07, 6.45) is -0.270. The molecular weight excluding hydrogens is 292 g/mol. The average molecular weight is 316 g/mol. The van der Waals surface area contributed by atoms with Crippen LogP contribution in [-0.4, -0.2) is 50.2 Å². The molecule has 0 saturated heterocycles. The van der Waals surface area contributed by atoms with E-state index in [0.29, 0.717) is 13.2 Å². The lowest BCUT2D eigenvalue weighted by Crippen LogP contribution is -2.16. The minimum atomic E-state index is -0.465. The summed E-state index contributed by atoms with van der Waals surface area (Å²) in [5.74, 6) is -0.731. The molecular formula is C14H24N2O6. The van der Waals surface area contributed by atoms with Crippen molar-refractivity contribution in [2.45, 2.75) is 40.5 Å². The van der Waals surface area contributed by atoms with Gasteiger partial charge >= 0.3 is 11.9 Å². The van der Waals surface area contributed by atoms with Crippen molar-refractivity contribution in [1.82, 2.24) is 0 Å². The minimum absolute atomic E-state index is 0.0991. The maximum absolute atomic E-state index is 11.4. The Balaban J connectivity index is 4.90. The van der Waals surface area contributed by atoms with Crippen LogP contribution in [0.25, 0.3) is 0 Å². The molecule has 0 bridgehead atoms. The fourth-order valence-electron chi connectivity index (χ4n) is 1.35. The number of nitrogens with zero attached hydrogens (tertiary/aromatic N) is 2. The summed E-state index contributed by atoms with van der Waals surface area (Å²) in [4.78, 5) is 22.8. The van der Waals surface area contributed by atoms with Gasteiger partial charge in [0.15, 0.2) is 0 Å². The van der Waals surface area contributed by atoms with Crippen molar-refractivity contribution < 1.29 is 28.5 Å². The molecule has 0 saturated carbocycles. The summed E-state index contributed by atoms with van der Waals surface area (Å²) in [6.45, 7) is 8.13. The Labute approximate surface area is 130 Å². The van der Waals surface area contributed by atoms with Gasteiger partial charge in [0, 0.05) is 0 Å². The molecule has 0 unspecified atom stereocenters. The number of rotatable bonds is 9. The van der Waals surface area contributed by atoms with Gasteiger partial charge in [-0.3, -0.25) is 9.59 Å². The first-order valence-electron chi connectivity index (χ1n) is 7.27. The van der Waals surface area contributed by atoms with Gasteiger partial charge in [0.2, 0.25) is 11.8 Å². The van der Waals surface area contributed by atoms with Crippen LogP contribution in [0, 0.1) is 0 Å². The van der Waals surface area contributed by atoms with Gasteiger partial charge in [-0.2, -0.15) is 0 Å². The van der Waals surface area contributed by atoms with E-state index in [1.165, 1.54) is 0 Å². The molecule has 0 aliphatic rings. The maximum Gasteiger partial charge on any atom is 0.315 e. The highest BCUT2D eigenvalue weighted by molar-refractivity contribution is 5.96. The van der Waals surface area contributed by atoms with Crippen LogP contribution in [0.2, 0.25) is 0 Å². The zero-order chi connectivity index (χ0) is 16.8. The van der Waals surface area contributed by atoms with Gasteiger partial charge in [0.25, 0.3) is 0 Å². The maximum atomic E-state index is 11.4. The first kappa shape index (κ1) is 19.9. The summed E-state index contributed by atoms with van der Waals surface area (Å²) < 4.78 is 20.1. The molecule has 0 aliphatic heterocycles. The van der Waals surface area contributed by atoms with E-state index in [1.807, 2.05) is 0 Å². The van der Waals surface area contributed by atoms with Crippen LogP contribution in [-0.2, 0) is 28.5 Å². The highest BCUT2D eigenvalue weighted by Crippen LogP contribution is 1.99. The first-order chi connectivity index (χ1) is 10.6. The lowest BCUT2D eigenvalue weighted by molar-refractivity contribution is -0.142. The molecule has 0 aliphatic carbocycles. The Morgan fingerprint density at radius 1 is 0.636 bits per heavy atom. The van der Waals surface area contributed by atoms with E-state index < -0.39 is 11.9 Å². The van der Waals surface area contributed by atoms with E-state index in [1.54, 1.807) is 27.7 Å². The van der Waals surface area contributed by atoms with E-state index in [9.17, 15) is 9.59 Å². The smallest absolute Gasteiger partial charge is 0.315 e. The number of hydrogen-bond donors (Lipinski definition) is 0. The minimum Gasteiger partial charge on any atom is -0.480 e. The number of hydrogen-bond acceptors (Lipinski definition) is 8. The van der Waals surface area contributed by atoms with Crippen molar-refractivity contribution in [1.29, 1.82) is 0 Å². The largest absolute Gasteiger partial charge is 0.480 e. The molecule has 0 aromatic carbocycles. The monoisotopic (exact) mass is 316 g/mol. The highest BCUT2D eigenvalue weighted by Gasteiger charge is 2.12. The van der Waals surface area contributed by atoms with E-state index in [0.717, 1.165) is 0 Å². The van der Waals surface area contributed by atoms with Crippen LogP contribution in [0.5, 0.6) is 0 Å². The second-order valence-electron chi connectivity index (χ2n) is 3.82. The van der Waals surface area contributed by atoms with Crippen molar-refractivity contribution in [3.63, 3.8) is 0 Å². The van der Waals surface area contributed by atoms with Gasteiger partial charge in [-0.1, -0.05) is 0 Å². The molecule has 0 heterocycles. The van der Waals surface area contributed by atoms with Gasteiger partial charge in [-0.05, 0) is 27.7 Å². The van der Waals surface area contributed by atoms with Gasteiger partial charge < -0.3 is 18.9 Å². The summed E-state index contributed by atoms with van der Waals surface area (Å²) in [6, 6.07) is 0. The summed E-state index contributed by atoms with van der Waals surface area (Å²) in [5.41, 5.74) is 0. The molecule has 126 valence electrons. The summed E-state index contributed by atoms with van der Waals surface area (Å²) in [5, 5.41) is 7.63. The van der Waals surface area contributed by atoms with E-state index in [2.05, 4.69) is 10.2 Å². The van der Waals surface area contributed by atoms with Crippen molar-refractivity contribution in [2.24, 2.45) is 10.2 Å². The standard InChI is InChI=1S/C14H24N2O6/c1-5-19-11(9-13(17)21-7-3)15-16-12(20-6-2)10-14(18)22-8-4/h5-10H2,1-4H3/b15-11-,16-12-. The Hall–Kier alpha value is -2.12. The van der Waals surface area contributed by atoms with E-state index >= 15 is 0 Å². The Morgan fingerprint density at radius 3 is 1.23 bits per heavy atom. The number of carbonyl (C=O) groups is 2. The molecule has 0 spiro atoms. The third kappa shape index (κ3) is 9.73. The van der Waals surface area contributed by atoms with Crippen LogP contribution in [0.1, 0.15) is 40.5 Å². The van der Waals surface area contributed by atoms with Crippen LogP contribution in [0.4, 0.5) is 0 Å². The third-order valence-corrected chi connectivity index (χ3v) is 2.10. The molecule has 22 heavy (non-hydrogen) atoms.